The second-order valence-corrected chi connectivity index (χ2v) is 8.51. The number of benzene rings is 2. The van der Waals surface area contributed by atoms with Gasteiger partial charge in [0.2, 0.25) is 11.9 Å². The fourth-order valence-corrected chi connectivity index (χ4v) is 4.00. The minimum Gasteiger partial charge on any atom is -0.435 e. The predicted molar refractivity (Wildman–Crippen MR) is 130 cm³/mol. The van der Waals surface area contributed by atoms with Crippen LogP contribution in [0.25, 0.3) is 11.1 Å². The van der Waals surface area contributed by atoms with Crippen molar-refractivity contribution in [2.75, 3.05) is 25.1 Å². The summed E-state index contributed by atoms with van der Waals surface area (Å²) in [4.78, 5) is 21.0. The smallest absolute Gasteiger partial charge is 0.387 e. The van der Waals surface area contributed by atoms with E-state index in [9.17, 15) is 18.7 Å². The van der Waals surface area contributed by atoms with Gasteiger partial charge in [-0.3, -0.25) is 4.79 Å². The van der Waals surface area contributed by atoms with E-state index in [4.69, 9.17) is 4.74 Å². The summed E-state index contributed by atoms with van der Waals surface area (Å²) in [6.45, 7) is -1.69. The van der Waals surface area contributed by atoms with Crippen molar-refractivity contribution in [1.82, 2.24) is 15.3 Å². The zero-order chi connectivity index (χ0) is 25.3. The Balaban J connectivity index is 1.32. The first-order valence-corrected chi connectivity index (χ1v) is 11.7. The van der Waals surface area contributed by atoms with E-state index in [1.54, 1.807) is 24.5 Å². The number of rotatable bonds is 10. The van der Waals surface area contributed by atoms with E-state index in [2.05, 4.69) is 25.3 Å². The number of anilines is 2. The number of carbonyl (C=O) groups is 1. The first kappa shape index (κ1) is 25.5. The van der Waals surface area contributed by atoms with Crippen LogP contribution in [0.15, 0.2) is 60.9 Å². The molecule has 3 aromatic rings. The van der Waals surface area contributed by atoms with E-state index in [0.29, 0.717) is 31.5 Å². The molecule has 1 unspecified atom stereocenters. The SMILES string of the molecule is O=C(CC1CCOCC1)NC(CO)c1ccc(Nc2ncc(-c3ccc(OC(F)F)cc3)cn2)cc1. The van der Waals surface area contributed by atoms with Crippen LogP contribution in [0.3, 0.4) is 0 Å². The number of alkyl halides is 2. The summed E-state index contributed by atoms with van der Waals surface area (Å²) in [7, 11) is 0. The number of aromatic nitrogens is 2. The highest BCUT2D eigenvalue weighted by Crippen LogP contribution is 2.24. The van der Waals surface area contributed by atoms with Gasteiger partial charge >= 0.3 is 6.61 Å². The molecule has 3 N–H and O–H groups in total. The number of nitrogens with zero attached hydrogens (tertiary/aromatic N) is 2. The van der Waals surface area contributed by atoms with Gasteiger partial charge in [0.05, 0.1) is 12.6 Å². The summed E-state index contributed by atoms with van der Waals surface area (Å²) in [5.41, 5.74) is 3.02. The Bertz CT molecular complexity index is 1110. The Kier molecular flexibility index (Phi) is 8.75. The standard InChI is InChI=1S/C26H28F2N4O4/c27-25(28)36-22-7-3-18(4-8-22)20-14-29-26(30-15-20)31-21-5-1-19(2-6-21)23(16-33)32-24(34)13-17-9-11-35-12-10-17/h1-8,14-15,17,23,25,33H,9-13,16H2,(H,32,34)(H,29,30,31). The third-order valence-corrected chi connectivity index (χ3v) is 5.97. The number of hydrogen-bond donors (Lipinski definition) is 3. The minimum absolute atomic E-state index is 0.0761. The molecule has 1 aromatic heterocycles. The molecule has 1 aliphatic heterocycles. The van der Waals surface area contributed by atoms with E-state index in [-0.39, 0.29) is 18.3 Å². The molecular formula is C26H28F2N4O4. The maximum atomic E-state index is 12.4. The molecule has 1 atom stereocenters. The number of aliphatic hydroxyl groups is 1. The van der Waals surface area contributed by atoms with Crippen LogP contribution in [0.4, 0.5) is 20.4 Å². The van der Waals surface area contributed by atoms with Crippen LogP contribution in [-0.4, -0.2) is 47.4 Å². The van der Waals surface area contributed by atoms with Gasteiger partial charge in [-0.05, 0) is 54.2 Å². The second-order valence-electron chi connectivity index (χ2n) is 8.51. The van der Waals surface area contributed by atoms with Gasteiger partial charge in [0.1, 0.15) is 5.75 Å². The average Bonchev–Trinajstić information content (AvgIpc) is 2.89. The number of hydrogen-bond acceptors (Lipinski definition) is 7. The summed E-state index contributed by atoms with van der Waals surface area (Å²) < 4.78 is 34.3. The highest BCUT2D eigenvalue weighted by Gasteiger charge is 2.20. The molecule has 1 aliphatic rings. The first-order valence-electron chi connectivity index (χ1n) is 11.7. The molecule has 10 heteroatoms. The molecule has 0 radical (unpaired) electrons. The molecule has 0 spiro atoms. The topological polar surface area (TPSA) is 106 Å². The number of carbonyl (C=O) groups excluding carboxylic acids is 1. The van der Waals surface area contributed by atoms with Crippen LogP contribution >= 0.6 is 0 Å². The van der Waals surface area contributed by atoms with Crippen LogP contribution in [0.2, 0.25) is 0 Å². The van der Waals surface area contributed by atoms with Gasteiger partial charge in [-0.15, -0.1) is 0 Å². The molecular weight excluding hydrogens is 470 g/mol. The summed E-state index contributed by atoms with van der Waals surface area (Å²) >= 11 is 0. The molecule has 36 heavy (non-hydrogen) atoms. The maximum absolute atomic E-state index is 12.4. The van der Waals surface area contributed by atoms with E-state index < -0.39 is 12.7 Å². The van der Waals surface area contributed by atoms with Crippen molar-refractivity contribution in [3.05, 3.63) is 66.5 Å². The number of halogens is 2. The second kappa shape index (κ2) is 12.4. The molecule has 8 nitrogen and oxygen atoms in total. The summed E-state index contributed by atoms with van der Waals surface area (Å²) in [6, 6.07) is 13.0. The molecule has 2 heterocycles. The number of amides is 1. The average molecular weight is 499 g/mol. The molecule has 4 rings (SSSR count). The van der Waals surface area contributed by atoms with E-state index in [1.165, 1.54) is 12.1 Å². The maximum Gasteiger partial charge on any atom is 0.387 e. The Morgan fingerprint density at radius 1 is 1.03 bits per heavy atom. The van der Waals surface area contributed by atoms with Crippen LogP contribution in [0, 0.1) is 5.92 Å². The van der Waals surface area contributed by atoms with E-state index in [1.807, 2.05) is 24.3 Å². The number of aliphatic hydroxyl groups excluding tert-OH is 1. The Morgan fingerprint density at radius 2 is 1.69 bits per heavy atom. The van der Waals surface area contributed by atoms with Crippen molar-refractivity contribution in [3.63, 3.8) is 0 Å². The zero-order valence-electron chi connectivity index (χ0n) is 19.6. The highest BCUT2D eigenvalue weighted by molar-refractivity contribution is 5.76. The monoisotopic (exact) mass is 498 g/mol. The highest BCUT2D eigenvalue weighted by atomic mass is 19.3. The van der Waals surface area contributed by atoms with Crippen LogP contribution in [-0.2, 0) is 9.53 Å². The van der Waals surface area contributed by atoms with Crippen LogP contribution in [0.1, 0.15) is 30.9 Å². The Hall–Kier alpha value is -3.63. The van der Waals surface area contributed by atoms with Crippen molar-refractivity contribution in [3.8, 4) is 16.9 Å². The van der Waals surface area contributed by atoms with Crippen LogP contribution in [0.5, 0.6) is 5.75 Å². The van der Waals surface area contributed by atoms with E-state index >= 15 is 0 Å². The molecule has 190 valence electrons. The fraction of sp³-hybridized carbons (Fsp3) is 0.346. The third-order valence-electron chi connectivity index (χ3n) is 5.97. The lowest BCUT2D eigenvalue weighted by atomic mass is 9.96. The molecule has 2 aromatic carbocycles. The minimum atomic E-state index is -2.87. The molecule has 1 amide bonds. The summed E-state index contributed by atoms with van der Waals surface area (Å²) in [5, 5.41) is 15.8. The van der Waals surface area contributed by atoms with Crippen molar-refractivity contribution in [2.45, 2.75) is 31.9 Å². The largest absolute Gasteiger partial charge is 0.435 e. The van der Waals surface area contributed by atoms with Crippen molar-refractivity contribution in [2.24, 2.45) is 5.92 Å². The third kappa shape index (κ3) is 7.19. The molecule has 0 aliphatic carbocycles. The van der Waals surface area contributed by atoms with Crippen molar-refractivity contribution >= 4 is 17.5 Å². The molecule has 0 bridgehead atoms. The zero-order valence-corrected chi connectivity index (χ0v) is 19.6. The van der Waals surface area contributed by atoms with Crippen molar-refractivity contribution in [1.29, 1.82) is 0 Å². The normalized spacial score (nSPS) is 14.9. The number of nitrogens with one attached hydrogen (secondary N) is 2. The lowest BCUT2D eigenvalue weighted by molar-refractivity contribution is -0.123. The summed E-state index contributed by atoms with van der Waals surface area (Å²) in [6.07, 6.45) is 5.44. The predicted octanol–water partition coefficient (Wildman–Crippen LogP) is 4.45. The lowest BCUT2D eigenvalue weighted by Crippen LogP contribution is -2.33. The van der Waals surface area contributed by atoms with Crippen molar-refractivity contribution < 1.29 is 28.2 Å². The molecule has 1 saturated heterocycles. The van der Waals surface area contributed by atoms with E-state index in [0.717, 1.165) is 35.2 Å². The lowest BCUT2D eigenvalue weighted by Gasteiger charge is -2.23. The Morgan fingerprint density at radius 3 is 2.31 bits per heavy atom. The fourth-order valence-electron chi connectivity index (χ4n) is 4.00. The van der Waals surface area contributed by atoms with Gasteiger partial charge in [0, 0.05) is 43.3 Å². The quantitative estimate of drug-likeness (QED) is 0.379. The number of ether oxygens (including phenoxy) is 2. The first-order chi connectivity index (χ1) is 17.5. The van der Waals surface area contributed by atoms with Gasteiger partial charge in [-0.25, -0.2) is 9.97 Å². The van der Waals surface area contributed by atoms with Crippen LogP contribution < -0.4 is 15.4 Å². The molecule has 1 fully saturated rings. The van der Waals surface area contributed by atoms with Gasteiger partial charge in [0.25, 0.3) is 0 Å². The van der Waals surface area contributed by atoms with Gasteiger partial charge in [-0.2, -0.15) is 8.78 Å². The molecule has 0 saturated carbocycles. The summed E-state index contributed by atoms with van der Waals surface area (Å²) in [5.74, 6) is 0.703. The van der Waals surface area contributed by atoms with Gasteiger partial charge in [-0.1, -0.05) is 24.3 Å². The Labute approximate surface area is 207 Å². The van der Waals surface area contributed by atoms with Gasteiger partial charge < -0.3 is 25.2 Å². The van der Waals surface area contributed by atoms with Gasteiger partial charge in [0.15, 0.2) is 0 Å².